The van der Waals surface area contributed by atoms with E-state index >= 15 is 0 Å². The van der Waals surface area contributed by atoms with Crippen molar-refractivity contribution in [1.82, 2.24) is 4.57 Å². The highest BCUT2D eigenvalue weighted by Gasteiger charge is 2.24. The molecule has 0 unspecified atom stereocenters. The zero-order chi connectivity index (χ0) is 16.7. The molecule has 0 N–H and O–H groups in total. The minimum Gasteiger partial charge on any atom is -0.497 e. The molecule has 1 aliphatic carbocycles. The van der Waals surface area contributed by atoms with Crippen LogP contribution in [0.2, 0.25) is 0 Å². The molecule has 1 heterocycles. The lowest BCUT2D eigenvalue weighted by Crippen LogP contribution is -2.17. The molecule has 0 saturated heterocycles. The van der Waals surface area contributed by atoms with Crippen LogP contribution in [0, 0.1) is 10.1 Å². The maximum Gasteiger partial charge on any atom is 0.269 e. The maximum absolute atomic E-state index is 10.9. The lowest BCUT2D eigenvalue weighted by molar-refractivity contribution is -0.384. The van der Waals surface area contributed by atoms with Gasteiger partial charge in [0.2, 0.25) is 0 Å². The number of benzene rings is 2. The summed E-state index contributed by atoms with van der Waals surface area (Å²) in [6.07, 6.45) is 3.58. The van der Waals surface area contributed by atoms with Crippen LogP contribution in [0.1, 0.15) is 25.3 Å². The van der Waals surface area contributed by atoms with Crippen LogP contribution in [0.3, 0.4) is 0 Å². The van der Waals surface area contributed by atoms with Crippen molar-refractivity contribution < 1.29 is 9.66 Å². The van der Waals surface area contributed by atoms with E-state index in [1.165, 1.54) is 19.3 Å². The Labute approximate surface area is 139 Å². The summed E-state index contributed by atoms with van der Waals surface area (Å²) in [4.78, 5) is 10.5. The molecule has 0 bridgehead atoms. The van der Waals surface area contributed by atoms with Crippen molar-refractivity contribution in [3.63, 3.8) is 0 Å². The Kier molecular flexibility index (Phi) is 3.49. The van der Waals surface area contributed by atoms with Crippen LogP contribution in [0.5, 0.6) is 5.75 Å². The number of aromatic nitrogens is 1. The maximum atomic E-state index is 10.9. The first-order valence-electron chi connectivity index (χ1n) is 8.11. The minimum absolute atomic E-state index is 0.117. The predicted molar refractivity (Wildman–Crippen MR) is 93.5 cm³/mol. The van der Waals surface area contributed by atoms with Crippen LogP contribution < -0.4 is 4.74 Å². The van der Waals surface area contributed by atoms with Gasteiger partial charge >= 0.3 is 0 Å². The number of hydrogen-bond acceptors (Lipinski definition) is 3. The highest BCUT2D eigenvalue weighted by molar-refractivity contribution is 5.88. The standard InChI is InChI=1S/C19H18N2O3/c1-24-17-10-7-14-11-18(13-5-8-16(9-6-13)21(22)23)20(19(14)12-17)15-3-2-4-15/h5-12,15H,2-4H2,1H3. The Morgan fingerprint density at radius 2 is 1.88 bits per heavy atom. The van der Waals surface area contributed by atoms with Crippen LogP contribution >= 0.6 is 0 Å². The summed E-state index contributed by atoms with van der Waals surface area (Å²) < 4.78 is 7.74. The van der Waals surface area contributed by atoms with E-state index in [2.05, 4.69) is 22.8 Å². The average molecular weight is 322 g/mol. The third-order valence-corrected chi connectivity index (χ3v) is 4.86. The minimum atomic E-state index is -0.365. The van der Waals surface area contributed by atoms with E-state index in [-0.39, 0.29) is 10.6 Å². The van der Waals surface area contributed by atoms with Crippen LogP contribution in [0.25, 0.3) is 22.2 Å². The second kappa shape index (κ2) is 5.67. The number of nitro groups is 1. The number of nitrogens with zero attached hydrogens (tertiary/aromatic N) is 2. The predicted octanol–water partition coefficient (Wildman–Crippen LogP) is 4.95. The topological polar surface area (TPSA) is 57.3 Å². The van der Waals surface area contributed by atoms with Gasteiger partial charge in [-0.1, -0.05) is 0 Å². The highest BCUT2D eigenvalue weighted by Crippen LogP contribution is 2.41. The van der Waals surface area contributed by atoms with Gasteiger partial charge in [-0.3, -0.25) is 10.1 Å². The first kappa shape index (κ1) is 14.8. The second-order valence-corrected chi connectivity index (χ2v) is 6.21. The van der Waals surface area contributed by atoms with E-state index in [0.717, 1.165) is 27.9 Å². The van der Waals surface area contributed by atoms with Crippen LogP contribution in [-0.4, -0.2) is 16.6 Å². The third kappa shape index (κ3) is 2.33. The molecule has 0 aliphatic heterocycles. The summed E-state index contributed by atoms with van der Waals surface area (Å²) in [7, 11) is 1.68. The molecule has 3 aromatic rings. The van der Waals surface area contributed by atoms with Gasteiger partial charge in [0.15, 0.2) is 0 Å². The first-order chi connectivity index (χ1) is 11.7. The Morgan fingerprint density at radius 1 is 1.12 bits per heavy atom. The van der Waals surface area contributed by atoms with Crippen molar-refractivity contribution in [2.24, 2.45) is 0 Å². The van der Waals surface area contributed by atoms with E-state index < -0.39 is 0 Å². The third-order valence-electron chi connectivity index (χ3n) is 4.86. The molecule has 0 spiro atoms. The van der Waals surface area contributed by atoms with Crippen molar-refractivity contribution in [3.05, 3.63) is 58.6 Å². The van der Waals surface area contributed by atoms with Crippen LogP contribution in [-0.2, 0) is 0 Å². The lowest BCUT2D eigenvalue weighted by Gasteiger charge is -2.30. The summed E-state index contributed by atoms with van der Waals surface area (Å²) in [5.74, 6) is 0.844. The molecule has 2 aromatic carbocycles. The summed E-state index contributed by atoms with van der Waals surface area (Å²) in [6.45, 7) is 0. The monoisotopic (exact) mass is 322 g/mol. The van der Waals surface area contributed by atoms with Gasteiger partial charge in [0.1, 0.15) is 5.75 Å². The molecule has 122 valence electrons. The summed E-state index contributed by atoms with van der Waals surface area (Å²) in [6, 6.07) is 15.6. The molecule has 1 saturated carbocycles. The molecule has 5 nitrogen and oxygen atoms in total. The van der Waals surface area contributed by atoms with Gasteiger partial charge in [-0.05, 0) is 55.2 Å². The molecular weight excluding hydrogens is 304 g/mol. The lowest BCUT2D eigenvalue weighted by atomic mass is 9.92. The van der Waals surface area contributed by atoms with Crippen LogP contribution in [0.15, 0.2) is 48.5 Å². The number of ether oxygens (including phenoxy) is 1. The fourth-order valence-corrected chi connectivity index (χ4v) is 3.34. The molecular formula is C19H18N2O3. The number of methoxy groups -OCH3 is 1. The Balaban J connectivity index is 1.88. The van der Waals surface area contributed by atoms with Gasteiger partial charge < -0.3 is 9.30 Å². The van der Waals surface area contributed by atoms with E-state index in [9.17, 15) is 10.1 Å². The molecule has 0 radical (unpaired) electrons. The molecule has 1 fully saturated rings. The second-order valence-electron chi connectivity index (χ2n) is 6.21. The van der Waals surface area contributed by atoms with E-state index in [1.807, 2.05) is 18.2 Å². The number of fused-ring (bicyclic) bond motifs is 1. The van der Waals surface area contributed by atoms with Gasteiger partial charge in [-0.2, -0.15) is 0 Å². The average Bonchev–Trinajstić information content (AvgIpc) is 2.92. The molecule has 0 amide bonds. The van der Waals surface area contributed by atoms with E-state index in [0.29, 0.717) is 6.04 Å². The Hall–Kier alpha value is -2.82. The highest BCUT2D eigenvalue weighted by atomic mass is 16.6. The Morgan fingerprint density at radius 3 is 2.46 bits per heavy atom. The van der Waals surface area contributed by atoms with Crippen LogP contribution in [0.4, 0.5) is 5.69 Å². The van der Waals surface area contributed by atoms with Gasteiger partial charge in [0, 0.05) is 35.3 Å². The summed E-state index contributed by atoms with van der Waals surface area (Å²) in [5, 5.41) is 12.0. The smallest absolute Gasteiger partial charge is 0.269 e. The number of nitro benzene ring substituents is 1. The Bertz CT molecular complexity index is 908. The number of non-ortho nitro benzene ring substituents is 1. The SMILES string of the molecule is COc1ccc2cc(-c3ccc([N+](=O)[O-])cc3)n(C3CCC3)c2c1. The van der Waals surface area contributed by atoms with Gasteiger partial charge in [-0.25, -0.2) is 0 Å². The fraction of sp³-hybridized carbons (Fsp3) is 0.263. The normalized spacial score (nSPS) is 14.5. The van der Waals surface area contributed by atoms with Crippen molar-refractivity contribution in [3.8, 4) is 17.0 Å². The van der Waals surface area contributed by atoms with Crippen molar-refractivity contribution >= 4 is 16.6 Å². The molecule has 0 atom stereocenters. The summed E-state index contributed by atoms with van der Waals surface area (Å²) in [5.41, 5.74) is 3.39. The molecule has 1 aliphatic rings. The van der Waals surface area contributed by atoms with Crippen molar-refractivity contribution in [1.29, 1.82) is 0 Å². The molecule has 5 heteroatoms. The number of hydrogen-bond donors (Lipinski definition) is 0. The zero-order valence-corrected chi connectivity index (χ0v) is 13.4. The molecule has 24 heavy (non-hydrogen) atoms. The largest absolute Gasteiger partial charge is 0.497 e. The van der Waals surface area contributed by atoms with Crippen molar-refractivity contribution in [2.45, 2.75) is 25.3 Å². The summed E-state index contributed by atoms with van der Waals surface area (Å²) >= 11 is 0. The molecule has 1 aromatic heterocycles. The quantitative estimate of drug-likeness (QED) is 0.504. The first-order valence-corrected chi connectivity index (χ1v) is 8.11. The van der Waals surface area contributed by atoms with E-state index in [4.69, 9.17) is 4.74 Å². The van der Waals surface area contributed by atoms with Crippen molar-refractivity contribution in [2.75, 3.05) is 7.11 Å². The van der Waals surface area contributed by atoms with Gasteiger partial charge in [0.25, 0.3) is 5.69 Å². The van der Waals surface area contributed by atoms with E-state index in [1.54, 1.807) is 19.2 Å². The molecule has 4 rings (SSSR count). The number of rotatable bonds is 4. The zero-order valence-electron chi connectivity index (χ0n) is 13.4. The van der Waals surface area contributed by atoms with Gasteiger partial charge in [-0.15, -0.1) is 0 Å². The van der Waals surface area contributed by atoms with Gasteiger partial charge in [0.05, 0.1) is 17.5 Å². The fourth-order valence-electron chi connectivity index (χ4n) is 3.34.